The van der Waals surface area contributed by atoms with Gasteiger partial charge in [-0.25, -0.2) is 0 Å². The van der Waals surface area contributed by atoms with E-state index >= 15 is 0 Å². The van der Waals surface area contributed by atoms with Gasteiger partial charge in [0.2, 0.25) is 0 Å². The van der Waals surface area contributed by atoms with Crippen molar-refractivity contribution >= 4 is 23.5 Å². The molecule has 1 nitrogen and oxygen atoms in total. The number of hydrogen-bond donors (Lipinski definition) is 1. The average molecular weight is 231 g/mol. The van der Waals surface area contributed by atoms with Gasteiger partial charge in [0, 0.05) is 17.3 Å². The SMILES string of the molecule is CC1SCCCC1NC1CCSCC1. The molecule has 2 aliphatic heterocycles. The van der Waals surface area contributed by atoms with E-state index in [1.54, 1.807) is 0 Å². The second-order valence-corrected chi connectivity index (χ2v) is 7.09. The van der Waals surface area contributed by atoms with Gasteiger partial charge in [-0.1, -0.05) is 6.92 Å². The third-order valence-corrected chi connectivity index (χ3v) is 5.71. The minimum absolute atomic E-state index is 0.793. The number of nitrogens with one attached hydrogen (secondary N) is 1. The van der Waals surface area contributed by atoms with E-state index in [-0.39, 0.29) is 0 Å². The van der Waals surface area contributed by atoms with Gasteiger partial charge in [0.25, 0.3) is 0 Å². The van der Waals surface area contributed by atoms with Crippen LogP contribution in [0.2, 0.25) is 0 Å². The van der Waals surface area contributed by atoms with Crippen molar-refractivity contribution < 1.29 is 0 Å². The van der Waals surface area contributed by atoms with Crippen LogP contribution in [-0.4, -0.2) is 34.6 Å². The molecule has 0 aromatic rings. The van der Waals surface area contributed by atoms with Crippen LogP contribution in [0, 0.1) is 0 Å². The maximum Gasteiger partial charge on any atom is 0.0186 e. The van der Waals surface area contributed by atoms with Crippen LogP contribution in [0.25, 0.3) is 0 Å². The van der Waals surface area contributed by atoms with E-state index in [9.17, 15) is 0 Å². The zero-order chi connectivity index (χ0) is 9.80. The van der Waals surface area contributed by atoms with Gasteiger partial charge in [-0.2, -0.15) is 23.5 Å². The molecule has 2 aliphatic rings. The standard InChI is InChI=1S/C11H21NS2/c1-9-11(3-2-6-14-9)12-10-4-7-13-8-5-10/h9-12H,2-8H2,1H3. The molecule has 0 amide bonds. The lowest BCUT2D eigenvalue weighted by Crippen LogP contribution is -2.46. The minimum atomic E-state index is 0.793. The first-order valence-corrected chi connectivity index (χ1v) is 8.02. The smallest absolute Gasteiger partial charge is 0.0186 e. The fourth-order valence-corrected chi connectivity index (χ4v) is 4.57. The van der Waals surface area contributed by atoms with Crippen molar-refractivity contribution in [1.29, 1.82) is 0 Å². The Kier molecular flexibility index (Phi) is 4.51. The van der Waals surface area contributed by atoms with Crippen molar-refractivity contribution in [2.45, 2.75) is 49.9 Å². The summed E-state index contributed by atoms with van der Waals surface area (Å²) in [7, 11) is 0. The number of rotatable bonds is 2. The van der Waals surface area contributed by atoms with Crippen LogP contribution in [0.5, 0.6) is 0 Å². The Hall–Kier alpha value is 0.660. The monoisotopic (exact) mass is 231 g/mol. The summed E-state index contributed by atoms with van der Waals surface area (Å²) in [5.74, 6) is 4.11. The molecule has 2 fully saturated rings. The highest BCUT2D eigenvalue weighted by Gasteiger charge is 2.24. The summed E-state index contributed by atoms with van der Waals surface area (Å²) in [6.45, 7) is 2.39. The zero-order valence-electron chi connectivity index (χ0n) is 9.00. The molecule has 0 aliphatic carbocycles. The first-order chi connectivity index (χ1) is 6.86. The Labute approximate surface area is 96.2 Å². The summed E-state index contributed by atoms with van der Waals surface area (Å²) in [5, 5.41) is 4.71. The van der Waals surface area contributed by atoms with Crippen LogP contribution in [0.15, 0.2) is 0 Å². The Bertz CT molecular complexity index is 169. The van der Waals surface area contributed by atoms with Crippen LogP contribution in [0.4, 0.5) is 0 Å². The summed E-state index contributed by atoms with van der Waals surface area (Å²) in [6, 6.07) is 1.62. The summed E-state index contributed by atoms with van der Waals surface area (Å²) in [4.78, 5) is 0. The maximum absolute atomic E-state index is 3.87. The van der Waals surface area contributed by atoms with E-state index in [4.69, 9.17) is 0 Å². The van der Waals surface area contributed by atoms with Gasteiger partial charge in [-0.15, -0.1) is 0 Å². The zero-order valence-corrected chi connectivity index (χ0v) is 10.6. The largest absolute Gasteiger partial charge is 0.310 e. The molecule has 0 radical (unpaired) electrons. The molecule has 2 saturated heterocycles. The highest BCUT2D eigenvalue weighted by molar-refractivity contribution is 8.00. The van der Waals surface area contributed by atoms with E-state index in [0.717, 1.165) is 17.3 Å². The average Bonchev–Trinajstić information content (AvgIpc) is 2.23. The van der Waals surface area contributed by atoms with E-state index in [0.29, 0.717) is 0 Å². The van der Waals surface area contributed by atoms with Crippen molar-refractivity contribution in [2.24, 2.45) is 0 Å². The Morgan fingerprint density at radius 1 is 1.07 bits per heavy atom. The van der Waals surface area contributed by atoms with Gasteiger partial charge in [0.05, 0.1) is 0 Å². The predicted molar refractivity (Wildman–Crippen MR) is 68.4 cm³/mol. The maximum atomic E-state index is 3.87. The van der Waals surface area contributed by atoms with Gasteiger partial charge in [-0.05, 0) is 42.9 Å². The second-order valence-electron chi connectivity index (χ2n) is 4.38. The first-order valence-electron chi connectivity index (χ1n) is 5.81. The van der Waals surface area contributed by atoms with Crippen molar-refractivity contribution in [2.75, 3.05) is 17.3 Å². The fraction of sp³-hybridized carbons (Fsp3) is 1.00. The van der Waals surface area contributed by atoms with Gasteiger partial charge in [-0.3, -0.25) is 0 Å². The van der Waals surface area contributed by atoms with Crippen LogP contribution < -0.4 is 5.32 Å². The molecule has 0 bridgehead atoms. The molecule has 0 aromatic carbocycles. The van der Waals surface area contributed by atoms with Crippen LogP contribution >= 0.6 is 23.5 Å². The lowest BCUT2D eigenvalue weighted by atomic mass is 10.0. The predicted octanol–water partition coefficient (Wildman–Crippen LogP) is 2.76. The summed E-state index contributed by atoms with van der Waals surface area (Å²) >= 11 is 4.26. The molecule has 2 heterocycles. The molecule has 2 atom stereocenters. The number of hydrogen-bond acceptors (Lipinski definition) is 3. The second kappa shape index (κ2) is 5.66. The van der Waals surface area contributed by atoms with E-state index in [2.05, 4.69) is 35.8 Å². The van der Waals surface area contributed by atoms with Crippen molar-refractivity contribution in [3.05, 3.63) is 0 Å². The summed E-state index contributed by atoms with van der Waals surface area (Å²) in [5.41, 5.74) is 0. The van der Waals surface area contributed by atoms with Crippen LogP contribution in [0.1, 0.15) is 32.6 Å². The van der Waals surface area contributed by atoms with Gasteiger partial charge >= 0.3 is 0 Å². The third kappa shape index (κ3) is 3.07. The molecule has 3 heteroatoms. The summed E-state index contributed by atoms with van der Waals surface area (Å²) in [6.07, 6.45) is 5.59. The molecule has 2 unspecified atom stereocenters. The lowest BCUT2D eigenvalue weighted by molar-refractivity contribution is 0.380. The van der Waals surface area contributed by atoms with E-state index in [1.807, 2.05) is 0 Å². The molecule has 0 spiro atoms. The molecule has 0 saturated carbocycles. The highest BCUT2D eigenvalue weighted by Crippen LogP contribution is 2.27. The van der Waals surface area contributed by atoms with E-state index in [1.165, 1.54) is 42.9 Å². The van der Waals surface area contributed by atoms with Gasteiger partial charge in [0.15, 0.2) is 0 Å². The molecule has 2 rings (SSSR count). The Balaban J connectivity index is 1.76. The quantitative estimate of drug-likeness (QED) is 0.785. The lowest BCUT2D eigenvalue weighted by Gasteiger charge is -2.34. The molecule has 1 N–H and O–H groups in total. The highest BCUT2D eigenvalue weighted by atomic mass is 32.2. The summed E-state index contributed by atoms with van der Waals surface area (Å²) < 4.78 is 0. The molecular weight excluding hydrogens is 210 g/mol. The molecule has 0 aromatic heterocycles. The molecule has 82 valence electrons. The topological polar surface area (TPSA) is 12.0 Å². The fourth-order valence-electron chi connectivity index (χ4n) is 2.31. The van der Waals surface area contributed by atoms with Gasteiger partial charge < -0.3 is 5.32 Å². The van der Waals surface area contributed by atoms with Crippen molar-refractivity contribution in [3.8, 4) is 0 Å². The van der Waals surface area contributed by atoms with Crippen LogP contribution in [-0.2, 0) is 0 Å². The van der Waals surface area contributed by atoms with Crippen molar-refractivity contribution in [1.82, 2.24) is 5.32 Å². The number of thioether (sulfide) groups is 2. The first kappa shape index (κ1) is 11.2. The minimum Gasteiger partial charge on any atom is -0.310 e. The Morgan fingerprint density at radius 3 is 2.57 bits per heavy atom. The van der Waals surface area contributed by atoms with Gasteiger partial charge in [0.1, 0.15) is 0 Å². The Morgan fingerprint density at radius 2 is 1.86 bits per heavy atom. The molecular formula is C11H21NS2. The normalized spacial score (nSPS) is 35.8. The van der Waals surface area contributed by atoms with Crippen LogP contribution in [0.3, 0.4) is 0 Å². The van der Waals surface area contributed by atoms with Crippen molar-refractivity contribution in [3.63, 3.8) is 0 Å². The third-order valence-electron chi connectivity index (χ3n) is 3.28. The molecule has 14 heavy (non-hydrogen) atoms. The van der Waals surface area contributed by atoms with E-state index < -0.39 is 0 Å².